The molecule has 2 N–H and O–H groups in total. The molecule has 2 rings (SSSR count). The maximum absolute atomic E-state index is 10.5. The summed E-state index contributed by atoms with van der Waals surface area (Å²) in [7, 11) is 0. The summed E-state index contributed by atoms with van der Waals surface area (Å²) in [5, 5.41) is 12.9. The van der Waals surface area contributed by atoms with Crippen molar-refractivity contribution < 1.29 is 19.4 Å². The molecule has 0 aliphatic carbocycles. The van der Waals surface area contributed by atoms with Crippen molar-refractivity contribution in [3.05, 3.63) is 33.8 Å². The summed E-state index contributed by atoms with van der Waals surface area (Å²) in [5.41, 5.74) is 0.914. The van der Waals surface area contributed by atoms with E-state index in [1.54, 1.807) is 12.1 Å². The Kier molecular flexibility index (Phi) is 6.26. The number of carboxylic acid groups (broad SMARTS) is 1. The minimum absolute atomic E-state index is 0.00379. The minimum Gasteiger partial charge on any atom is -0.480 e. The number of nitrogens with one attached hydrogen (secondary N) is 1. The van der Waals surface area contributed by atoms with Crippen molar-refractivity contribution in [2.45, 2.75) is 6.10 Å². The Morgan fingerprint density at radius 1 is 1.43 bits per heavy atom. The maximum atomic E-state index is 10.5. The Labute approximate surface area is 133 Å². The summed E-state index contributed by atoms with van der Waals surface area (Å²) in [6, 6.07) is 5.38. The molecule has 0 saturated carbocycles. The molecule has 1 aliphatic heterocycles. The molecule has 1 aromatic carbocycles. The van der Waals surface area contributed by atoms with Gasteiger partial charge in [-0.2, -0.15) is 0 Å². The lowest BCUT2D eigenvalue weighted by atomic mass is 9.96. The normalized spacial score (nSPS) is 22.8. The topological polar surface area (TPSA) is 67.8 Å². The molecule has 2 atom stereocenters. The largest absolute Gasteiger partial charge is 0.480 e. The van der Waals surface area contributed by atoms with Gasteiger partial charge in [0.1, 0.15) is 6.61 Å². The van der Waals surface area contributed by atoms with Crippen LogP contribution in [0.25, 0.3) is 0 Å². The zero-order chi connectivity index (χ0) is 15.2. The number of carbonyl (C=O) groups is 1. The Bertz CT molecular complexity index is 498. The molecule has 2 unspecified atom stereocenters. The van der Waals surface area contributed by atoms with E-state index in [1.165, 1.54) is 0 Å². The first-order valence-electron chi connectivity index (χ1n) is 6.64. The Balaban J connectivity index is 2.10. The van der Waals surface area contributed by atoms with Crippen LogP contribution in [0.3, 0.4) is 0 Å². The van der Waals surface area contributed by atoms with Crippen LogP contribution in [-0.4, -0.2) is 44.0 Å². The van der Waals surface area contributed by atoms with Gasteiger partial charge in [0.05, 0.1) is 29.4 Å². The van der Waals surface area contributed by atoms with Gasteiger partial charge in [-0.15, -0.1) is 0 Å². The van der Waals surface area contributed by atoms with Crippen molar-refractivity contribution >= 4 is 29.2 Å². The molecule has 1 heterocycles. The SMILES string of the molecule is O=C(O)COCC1CNCCOC1c1ccc(Cl)c(Cl)c1. The predicted molar refractivity (Wildman–Crippen MR) is 80.0 cm³/mol. The van der Waals surface area contributed by atoms with Gasteiger partial charge in [0, 0.05) is 19.0 Å². The fourth-order valence-corrected chi connectivity index (χ4v) is 2.60. The molecule has 1 aromatic rings. The van der Waals surface area contributed by atoms with Crippen LogP contribution in [0.1, 0.15) is 11.7 Å². The third-order valence-corrected chi connectivity index (χ3v) is 3.98. The average Bonchev–Trinajstić information content (AvgIpc) is 2.67. The third kappa shape index (κ3) is 4.83. The molecule has 0 aromatic heterocycles. The number of halogens is 2. The molecule has 1 fully saturated rings. The first-order valence-corrected chi connectivity index (χ1v) is 7.40. The quantitative estimate of drug-likeness (QED) is 0.865. The van der Waals surface area contributed by atoms with Crippen molar-refractivity contribution in [3.63, 3.8) is 0 Å². The van der Waals surface area contributed by atoms with Gasteiger partial charge in [0.25, 0.3) is 0 Å². The zero-order valence-corrected chi connectivity index (χ0v) is 12.9. The number of aliphatic carboxylic acids is 1. The summed E-state index contributed by atoms with van der Waals surface area (Å²) in [5.74, 6) is -0.979. The lowest BCUT2D eigenvalue weighted by Crippen LogP contribution is -2.29. The van der Waals surface area contributed by atoms with E-state index in [4.69, 9.17) is 37.8 Å². The Morgan fingerprint density at radius 3 is 2.95 bits per heavy atom. The van der Waals surface area contributed by atoms with Crippen LogP contribution in [0.2, 0.25) is 10.0 Å². The van der Waals surface area contributed by atoms with E-state index in [2.05, 4.69) is 5.32 Å². The van der Waals surface area contributed by atoms with Crippen LogP contribution in [0, 0.1) is 5.92 Å². The Hall–Kier alpha value is -0.850. The monoisotopic (exact) mass is 333 g/mol. The second-order valence-electron chi connectivity index (χ2n) is 4.84. The molecule has 0 spiro atoms. The molecule has 116 valence electrons. The van der Waals surface area contributed by atoms with E-state index in [1.807, 2.05) is 6.07 Å². The highest BCUT2D eigenvalue weighted by atomic mass is 35.5. The summed E-state index contributed by atoms with van der Waals surface area (Å²) < 4.78 is 11.1. The van der Waals surface area contributed by atoms with Crippen molar-refractivity contribution in [2.24, 2.45) is 5.92 Å². The smallest absolute Gasteiger partial charge is 0.329 e. The van der Waals surface area contributed by atoms with E-state index in [0.717, 1.165) is 12.1 Å². The second-order valence-corrected chi connectivity index (χ2v) is 5.65. The third-order valence-electron chi connectivity index (χ3n) is 3.24. The highest BCUT2D eigenvalue weighted by molar-refractivity contribution is 6.42. The van der Waals surface area contributed by atoms with Gasteiger partial charge in [0.15, 0.2) is 0 Å². The summed E-state index contributed by atoms with van der Waals surface area (Å²) in [6.45, 7) is 1.98. The van der Waals surface area contributed by atoms with Gasteiger partial charge in [-0.3, -0.25) is 0 Å². The van der Waals surface area contributed by atoms with E-state index in [9.17, 15) is 4.79 Å². The number of rotatable bonds is 5. The molecular formula is C14H17Cl2NO4. The molecule has 1 saturated heterocycles. The van der Waals surface area contributed by atoms with Crippen LogP contribution in [-0.2, 0) is 14.3 Å². The summed E-state index contributed by atoms with van der Waals surface area (Å²) in [4.78, 5) is 10.5. The molecular weight excluding hydrogens is 317 g/mol. The van der Waals surface area contributed by atoms with E-state index in [-0.39, 0.29) is 18.6 Å². The zero-order valence-electron chi connectivity index (χ0n) is 11.4. The number of benzene rings is 1. The van der Waals surface area contributed by atoms with Gasteiger partial charge in [-0.25, -0.2) is 4.79 Å². The van der Waals surface area contributed by atoms with Gasteiger partial charge < -0.3 is 19.9 Å². The molecule has 5 nitrogen and oxygen atoms in total. The molecule has 0 radical (unpaired) electrons. The van der Waals surface area contributed by atoms with E-state index >= 15 is 0 Å². The molecule has 0 bridgehead atoms. The minimum atomic E-state index is -0.983. The number of hydrogen-bond donors (Lipinski definition) is 2. The average molecular weight is 334 g/mol. The van der Waals surface area contributed by atoms with Gasteiger partial charge in [-0.05, 0) is 17.7 Å². The van der Waals surface area contributed by atoms with Crippen molar-refractivity contribution in [1.82, 2.24) is 5.32 Å². The maximum Gasteiger partial charge on any atom is 0.329 e. The van der Waals surface area contributed by atoms with Crippen LogP contribution in [0.5, 0.6) is 0 Å². The highest BCUT2D eigenvalue weighted by Crippen LogP contribution is 2.32. The summed E-state index contributed by atoms with van der Waals surface area (Å²) in [6.07, 6.45) is -0.205. The van der Waals surface area contributed by atoms with Crippen molar-refractivity contribution in [3.8, 4) is 0 Å². The van der Waals surface area contributed by atoms with Crippen molar-refractivity contribution in [2.75, 3.05) is 32.9 Å². The van der Waals surface area contributed by atoms with Crippen LogP contribution in [0.15, 0.2) is 18.2 Å². The highest BCUT2D eigenvalue weighted by Gasteiger charge is 2.27. The van der Waals surface area contributed by atoms with Crippen molar-refractivity contribution in [1.29, 1.82) is 0 Å². The number of ether oxygens (including phenoxy) is 2. The standard InChI is InChI=1S/C14H17Cl2NO4/c15-11-2-1-9(5-12(11)16)14-10(6-17-3-4-21-14)7-20-8-13(18)19/h1-2,5,10,14,17H,3-4,6-8H2,(H,18,19). The molecule has 21 heavy (non-hydrogen) atoms. The van der Waals surface area contributed by atoms with Gasteiger partial charge >= 0.3 is 5.97 Å². The van der Waals surface area contributed by atoms with E-state index < -0.39 is 5.97 Å². The Morgan fingerprint density at radius 2 is 2.24 bits per heavy atom. The second kappa shape index (κ2) is 7.96. The van der Waals surface area contributed by atoms with Crippen LogP contribution < -0.4 is 5.32 Å². The first kappa shape index (κ1) is 16.5. The molecule has 7 heteroatoms. The van der Waals surface area contributed by atoms with Gasteiger partial charge in [-0.1, -0.05) is 29.3 Å². The first-order chi connectivity index (χ1) is 10.1. The lowest BCUT2D eigenvalue weighted by Gasteiger charge is -2.25. The van der Waals surface area contributed by atoms with Crippen LogP contribution in [0.4, 0.5) is 0 Å². The fraction of sp³-hybridized carbons (Fsp3) is 0.500. The lowest BCUT2D eigenvalue weighted by molar-refractivity contribution is -0.143. The predicted octanol–water partition coefficient (Wildman–Crippen LogP) is 2.37. The fourth-order valence-electron chi connectivity index (χ4n) is 2.29. The number of hydrogen-bond acceptors (Lipinski definition) is 4. The molecule has 1 aliphatic rings. The summed E-state index contributed by atoms with van der Waals surface area (Å²) >= 11 is 12.0. The number of carboxylic acids is 1. The van der Waals surface area contributed by atoms with E-state index in [0.29, 0.717) is 29.8 Å². The molecule has 0 amide bonds. The van der Waals surface area contributed by atoms with Gasteiger partial charge in [0.2, 0.25) is 0 Å². The van der Waals surface area contributed by atoms with Crippen LogP contribution >= 0.6 is 23.2 Å².